The Bertz CT molecular complexity index is 1130. The van der Waals surface area contributed by atoms with Crippen molar-refractivity contribution in [2.24, 2.45) is 22.2 Å². The maximum absolute atomic E-state index is 6.36. The standard InChI is InChI=1S/C33H52O6P2/c1-29(2,3)23-13-15-27(25(17-23)31(7,8)9)38-40-34-19-33(20-35-40)21-36-41(37-22-33)39-28-16-14-24(30(4,5)6)18-26(28)32(10,11)12/h13,15-18,24H,14,19-22H2,1-12H3. The molecule has 3 aliphatic rings. The molecule has 6 nitrogen and oxygen atoms in total. The zero-order chi connectivity index (χ0) is 30.4. The van der Waals surface area contributed by atoms with Crippen LogP contribution in [0.15, 0.2) is 41.7 Å². The minimum absolute atomic E-state index is 0.0375. The summed E-state index contributed by atoms with van der Waals surface area (Å²) in [7, 11) is -3.00. The second-order valence-electron chi connectivity index (χ2n) is 16.0. The first kappa shape index (κ1) is 32.9. The van der Waals surface area contributed by atoms with Crippen LogP contribution in [0.25, 0.3) is 0 Å². The first-order valence-corrected chi connectivity index (χ1v) is 17.0. The van der Waals surface area contributed by atoms with Crippen LogP contribution in [0.2, 0.25) is 0 Å². The molecule has 2 saturated heterocycles. The SMILES string of the molecule is CC(C)(C)C1=CC(C(C)(C)C)CC=C1OP1OCC2(CO1)COP(Oc1ccc(C(C)(C)C)cc1C(C)(C)C)OC2. The van der Waals surface area contributed by atoms with Crippen LogP contribution in [-0.2, 0) is 33.4 Å². The molecule has 4 rings (SSSR count). The first-order valence-electron chi connectivity index (χ1n) is 14.8. The molecule has 41 heavy (non-hydrogen) atoms. The van der Waals surface area contributed by atoms with E-state index in [1.54, 1.807) is 0 Å². The van der Waals surface area contributed by atoms with Gasteiger partial charge in [0.15, 0.2) is 0 Å². The van der Waals surface area contributed by atoms with Gasteiger partial charge in [-0.3, -0.25) is 0 Å². The molecule has 0 aromatic heterocycles. The molecule has 1 aliphatic carbocycles. The highest BCUT2D eigenvalue weighted by Gasteiger charge is 2.45. The lowest BCUT2D eigenvalue weighted by Crippen LogP contribution is -2.45. The fourth-order valence-electron chi connectivity index (χ4n) is 5.02. The molecule has 1 spiro atoms. The minimum Gasteiger partial charge on any atom is -0.427 e. The summed E-state index contributed by atoms with van der Waals surface area (Å²) in [5, 5.41) is 0. The highest BCUT2D eigenvalue weighted by atomic mass is 31.2. The van der Waals surface area contributed by atoms with Crippen molar-refractivity contribution in [1.29, 1.82) is 0 Å². The molecular formula is C33H52O6P2. The van der Waals surface area contributed by atoms with E-state index in [4.69, 9.17) is 27.1 Å². The molecule has 2 aliphatic heterocycles. The van der Waals surface area contributed by atoms with Crippen molar-refractivity contribution in [3.05, 3.63) is 52.8 Å². The summed E-state index contributed by atoms with van der Waals surface area (Å²) < 4.78 is 37.2. The van der Waals surface area contributed by atoms with Crippen LogP contribution < -0.4 is 4.52 Å². The number of hydrogen-bond donors (Lipinski definition) is 0. The van der Waals surface area contributed by atoms with Gasteiger partial charge < -0.3 is 27.1 Å². The van der Waals surface area contributed by atoms with Crippen LogP contribution in [0.4, 0.5) is 0 Å². The van der Waals surface area contributed by atoms with E-state index in [1.807, 2.05) is 0 Å². The molecule has 1 atom stereocenters. The van der Waals surface area contributed by atoms with Gasteiger partial charge in [-0.05, 0) is 57.3 Å². The van der Waals surface area contributed by atoms with Crippen LogP contribution in [-0.4, -0.2) is 26.4 Å². The summed E-state index contributed by atoms with van der Waals surface area (Å²) in [4.78, 5) is 0. The second kappa shape index (κ2) is 11.8. The van der Waals surface area contributed by atoms with Gasteiger partial charge in [0.25, 0.3) is 0 Å². The molecule has 2 fully saturated rings. The van der Waals surface area contributed by atoms with Crippen molar-refractivity contribution >= 4 is 17.2 Å². The van der Waals surface area contributed by atoms with E-state index in [0.29, 0.717) is 32.3 Å². The Morgan fingerprint density at radius 2 is 1.24 bits per heavy atom. The zero-order valence-electron chi connectivity index (χ0n) is 27.3. The number of benzene rings is 1. The number of allylic oxidation sites excluding steroid dienone is 3. The number of hydrogen-bond acceptors (Lipinski definition) is 6. The highest BCUT2D eigenvalue weighted by Crippen LogP contribution is 2.56. The van der Waals surface area contributed by atoms with Gasteiger partial charge in [-0.15, -0.1) is 0 Å². The van der Waals surface area contributed by atoms with E-state index in [1.165, 1.54) is 11.1 Å². The van der Waals surface area contributed by atoms with E-state index < -0.39 is 17.2 Å². The van der Waals surface area contributed by atoms with E-state index in [2.05, 4.69) is 113 Å². The molecule has 0 N–H and O–H groups in total. The van der Waals surface area contributed by atoms with Crippen LogP contribution in [0.1, 0.15) is 101 Å². The van der Waals surface area contributed by atoms with Gasteiger partial charge in [-0.1, -0.05) is 101 Å². The Kier molecular flexibility index (Phi) is 9.49. The van der Waals surface area contributed by atoms with E-state index in [9.17, 15) is 0 Å². The molecular weight excluding hydrogens is 554 g/mol. The maximum Gasteiger partial charge on any atom is 0.397 e. The van der Waals surface area contributed by atoms with Crippen LogP contribution in [0.5, 0.6) is 5.75 Å². The summed E-state index contributed by atoms with van der Waals surface area (Å²) in [6.07, 6.45) is 5.56. The predicted octanol–water partition coefficient (Wildman–Crippen LogP) is 10.1. The van der Waals surface area contributed by atoms with Crippen molar-refractivity contribution in [2.75, 3.05) is 26.4 Å². The van der Waals surface area contributed by atoms with Crippen molar-refractivity contribution in [3.8, 4) is 5.75 Å². The summed E-state index contributed by atoms with van der Waals surface area (Å²) in [5.74, 6) is 2.18. The largest absolute Gasteiger partial charge is 0.427 e. The molecule has 230 valence electrons. The molecule has 0 radical (unpaired) electrons. The Morgan fingerprint density at radius 3 is 1.71 bits per heavy atom. The summed E-state index contributed by atoms with van der Waals surface area (Å²) in [6.45, 7) is 28.7. The first-order chi connectivity index (χ1) is 18.8. The van der Waals surface area contributed by atoms with Crippen molar-refractivity contribution in [3.63, 3.8) is 0 Å². The Morgan fingerprint density at radius 1 is 0.707 bits per heavy atom. The summed E-state index contributed by atoms with van der Waals surface area (Å²) >= 11 is 0. The van der Waals surface area contributed by atoms with Crippen molar-refractivity contribution in [1.82, 2.24) is 0 Å². The molecule has 1 aromatic carbocycles. The van der Waals surface area contributed by atoms with Gasteiger partial charge >= 0.3 is 17.2 Å². The topological polar surface area (TPSA) is 55.4 Å². The van der Waals surface area contributed by atoms with E-state index in [-0.39, 0.29) is 27.1 Å². The fraction of sp³-hybridized carbons (Fsp3) is 0.697. The Hall–Kier alpha value is -1.00. The van der Waals surface area contributed by atoms with Gasteiger partial charge in [0.2, 0.25) is 0 Å². The highest BCUT2D eigenvalue weighted by molar-refractivity contribution is 7.42. The summed E-state index contributed by atoms with van der Waals surface area (Å²) in [5.41, 5.74) is 3.43. The summed E-state index contributed by atoms with van der Waals surface area (Å²) in [6, 6.07) is 6.45. The lowest BCUT2D eigenvalue weighted by atomic mass is 9.72. The molecule has 1 aromatic rings. The van der Waals surface area contributed by atoms with Crippen molar-refractivity contribution < 1.29 is 27.1 Å². The minimum atomic E-state index is -1.51. The predicted molar refractivity (Wildman–Crippen MR) is 169 cm³/mol. The third kappa shape index (κ3) is 8.14. The average Bonchev–Trinajstić information content (AvgIpc) is 2.85. The normalized spacial score (nSPS) is 28.2. The smallest absolute Gasteiger partial charge is 0.397 e. The van der Waals surface area contributed by atoms with Crippen LogP contribution in [0, 0.1) is 22.2 Å². The third-order valence-corrected chi connectivity index (χ3v) is 10.1. The maximum atomic E-state index is 6.36. The van der Waals surface area contributed by atoms with Gasteiger partial charge in [-0.25, -0.2) is 0 Å². The molecule has 2 heterocycles. The van der Waals surface area contributed by atoms with E-state index >= 15 is 0 Å². The van der Waals surface area contributed by atoms with Gasteiger partial charge in [0.1, 0.15) is 11.5 Å². The van der Waals surface area contributed by atoms with Crippen LogP contribution in [0.3, 0.4) is 0 Å². The fourth-order valence-corrected chi connectivity index (χ4v) is 7.55. The second-order valence-corrected chi connectivity index (χ2v) is 18.3. The Balaban J connectivity index is 1.34. The monoisotopic (exact) mass is 606 g/mol. The van der Waals surface area contributed by atoms with Gasteiger partial charge in [0.05, 0.1) is 31.8 Å². The lowest BCUT2D eigenvalue weighted by molar-refractivity contribution is -0.0696. The van der Waals surface area contributed by atoms with Crippen molar-refractivity contribution in [2.45, 2.75) is 100 Å². The quantitative estimate of drug-likeness (QED) is 0.318. The van der Waals surface area contributed by atoms with E-state index in [0.717, 1.165) is 23.5 Å². The van der Waals surface area contributed by atoms with Gasteiger partial charge in [-0.2, -0.15) is 0 Å². The zero-order valence-corrected chi connectivity index (χ0v) is 29.1. The molecule has 0 bridgehead atoms. The van der Waals surface area contributed by atoms with Gasteiger partial charge in [0, 0.05) is 5.56 Å². The molecule has 0 amide bonds. The molecule has 8 heteroatoms. The average molecular weight is 607 g/mol. The third-order valence-electron chi connectivity index (χ3n) is 8.01. The Labute approximate surface area is 251 Å². The lowest BCUT2D eigenvalue weighted by Gasteiger charge is -2.42. The van der Waals surface area contributed by atoms with Crippen LogP contribution >= 0.6 is 17.2 Å². The number of rotatable bonds is 4. The molecule has 0 saturated carbocycles. The molecule has 1 unspecified atom stereocenters.